The van der Waals surface area contributed by atoms with Gasteiger partial charge in [0.15, 0.2) is 11.2 Å². The summed E-state index contributed by atoms with van der Waals surface area (Å²) in [5, 5.41) is 26.1. The van der Waals surface area contributed by atoms with Gasteiger partial charge in [-0.25, -0.2) is 0 Å². The second-order valence-electron chi connectivity index (χ2n) is 15.8. The summed E-state index contributed by atoms with van der Waals surface area (Å²) in [6.07, 6.45) is 4.15. The number of hydrogen-bond donors (Lipinski definition) is 2. The molecule has 0 heterocycles. The fourth-order valence-corrected chi connectivity index (χ4v) is 19.5. The van der Waals surface area contributed by atoms with E-state index in [-0.39, 0.29) is 0 Å². The van der Waals surface area contributed by atoms with Crippen LogP contribution < -0.4 is 0 Å². The lowest BCUT2D eigenvalue weighted by molar-refractivity contribution is 0.0945. The van der Waals surface area contributed by atoms with Crippen LogP contribution in [0.1, 0.15) is 116 Å². The fraction of sp³-hybridized carbons (Fsp3) is 0.455. The summed E-state index contributed by atoms with van der Waals surface area (Å²) in [6, 6.07) is 24.0. The zero-order valence-corrected chi connectivity index (χ0v) is 33.4. The molecular weight excluding hydrogens is 617 g/mol. The molecule has 2 N–H and O–H groups in total. The largest absolute Gasteiger partial charge is 0.369 e. The molecule has 0 aromatic heterocycles. The standard InChI is InChI=1S/C44H58O2Si2/c1-31(2)47(32(3)4,33(5)6)28-26-43(45)39-20-16-17-21-40(39)44(46,27-29-48(34(7)8,35(9)10)36(11)12)42-30-38(24-25-41(42)43)23-22-37-18-14-13-15-19-37/h13-25,30-36,45-46H,1-12H3/b23-22+. The Morgan fingerprint density at radius 2 is 0.812 bits per heavy atom. The molecule has 0 bridgehead atoms. The molecule has 3 aromatic carbocycles. The van der Waals surface area contributed by atoms with E-state index >= 15 is 0 Å². The molecule has 2 unspecified atom stereocenters. The van der Waals surface area contributed by atoms with Crippen LogP contribution in [0.4, 0.5) is 0 Å². The minimum Gasteiger partial charge on any atom is -0.369 e. The molecule has 0 radical (unpaired) electrons. The van der Waals surface area contributed by atoms with Gasteiger partial charge in [0.25, 0.3) is 0 Å². The van der Waals surface area contributed by atoms with Gasteiger partial charge in [-0.05, 0) is 50.4 Å². The summed E-state index contributed by atoms with van der Waals surface area (Å²) in [7, 11) is -4.40. The molecule has 1 aliphatic rings. The molecule has 0 saturated heterocycles. The average Bonchev–Trinajstić information content (AvgIpc) is 3.03. The molecule has 2 atom stereocenters. The summed E-state index contributed by atoms with van der Waals surface area (Å²) in [5.74, 6) is 7.09. The number of rotatable bonds is 8. The van der Waals surface area contributed by atoms with E-state index in [1.807, 2.05) is 60.7 Å². The Balaban J connectivity index is 2.09. The van der Waals surface area contributed by atoms with Gasteiger partial charge in [0, 0.05) is 22.3 Å². The van der Waals surface area contributed by atoms with Gasteiger partial charge in [0.1, 0.15) is 16.1 Å². The quantitative estimate of drug-likeness (QED) is 0.142. The van der Waals surface area contributed by atoms with Gasteiger partial charge in [-0.2, -0.15) is 0 Å². The summed E-state index contributed by atoms with van der Waals surface area (Å²) in [4.78, 5) is 0. The lowest BCUT2D eigenvalue weighted by Gasteiger charge is -2.42. The number of aliphatic hydroxyl groups is 2. The summed E-state index contributed by atoms with van der Waals surface area (Å²) >= 11 is 0. The normalized spacial score (nSPS) is 19.5. The van der Waals surface area contributed by atoms with Crippen molar-refractivity contribution in [2.75, 3.05) is 0 Å². The van der Waals surface area contributed by atoms with E-state index in [0.29, 0.717) is 55.5 Å². The second kappa shape index (κ2) is 14.4. The molecule has 0 saturated carbocycles. The molecule has 254 valence electrons. The third-order valence-corrected chi connectivity index (χ3v) is 24.0. The van der Waals surface area contributed by atoms with Gasteiger partial charge in [0.2, 0.25) is 0 Å². The molecule has 4 rings (SSSR count). The Bertz CT molecular complexity index is 1700. The highest BCUT2D eigenvalue weighted by molar-refractivity contribution is 6.91. The zero-order valence-electron chi connectivity index (χ0n) is 31.4. The van der Waals surface area contributed by atoms with Crippen molar-refractivity contribution in [3.63, 3.8) is 0 Å². The van der Waals surface area contributed by atoms with Crippen molar-refractivity contribution in [3.05, 3.63) is 106 Å². The molecule has 0 spiro atoms. The molecule has 1 aliphatic carbocycles. The highest BCUT2D eigenvalue weighted by Gasteiger charge is 2.50. The summed E-state index contributed by atoms with van der Waals surface area (Å²) in [5.41, 5.74) is 11.5. The van der Waals surface area contributed by atoms with Crippen LogP contribution in [0.15, 0.2) is 72.8 Å². The minimum atomic E-state index is -2.21. The first-order valence-electron chi connectivity index (χ1n) is 18.0. The van der Waals surface area contributed by atoms with E-state index in [9.17, 15) is 10.2 Å². The van der Waals surface area contributed by atoms with Gasteiger partial charge in [-0.3, -0.25) is 0 Å². The van der Waals surface area contributed by atoms with E-state index in [1.165, 1.54) is 0 Å². The highest BCUT2D eigenvalue weighted by Crippen LogP contribution is 2.50. The monoisotopic (exact) mass is 674 g/mol. The average molecular weight is 675 g/mol. The Morgan fingerprint density at radius 3 is 1.23 bits per heavy atom. The van der Waals surface area contributed by atoms with Crippen LogP contribution in [0.2, 0.25) is 33.2 Å². The predicted molar refractivity (Wildman–Crippen MR) is 212 cm³/mol. The van der Waals surface area contributed by atoms with Crippen LogP contribution in [-0.2, 0) is 11.2 Å². The first-order valence-corrected chi connectivity index (χ1v) is 22.5. The van der Waals surface area contributed by atoms with Crippen LogP contribution in [0.3, 0.4) is 0 Å². The molecule has 0 fully saturated rings. The van der Waals surface area contributed by atoms with E-state index < -0.39 is 27.3 Å². The minimum absolute atomic E-state index is 0.413. The third-order valence-electron chi connectivity index (χ3n) is 11.4. The number of fused-ring (bicyclic) bond motifs is 2. The van der Waals surface area contributed by atoms with Crippen molar-refractivity contribution in [1.29, 1.82) is 0 Å². The molecule has 3 aromatic rings. The molecule has 0 aliphatic heterocycles. The van der Waals surface area contributed by atoms with Crippen molar-refractivity contribution >= 4 is 28.3 Å². The third kappa shape index (κ3) is 6.46. The maximum absolute atomic E-state index is 13.1. The SMILES string of the molecule is CC(C)[Si](C#CC1(O)c2ccccc2C(O)(C#C[Si](C(C)C)(C(C)C)C(C)C)c2cc(/C=C/c3ccccc3)ccc21)(C(C)C)C(C)C. The van der Waals surface area contributed by atoms with Gasteiger partial charge < -0.3 is 10.2 Å². The molecule has 2 nitrogen and oxygen atoms in total. The van der Waals surface area contributed by atoms with E-state index in [2.05, 4.69) is 130 Å². The van der Waals surface area contributed by atoms with Gasteiger partial charge in [-0.1, -0.05) is 174 Å². The number of benzene rings is 3. The summed E-state index contributed by atoms with van der Waals surface area (Å²) < 4.78 is 0. The first kappa shape index (κ1) is 37.7. The lowest BCUT2D eigenvalue weighted by atomic mass is 9.68. The zero-order chi connectivity index (χ0) is 35.7. The second-order valence-corrected chi connectivity index (χ2v) is 27.0. The van der Waals surface area contributed by atoms with Crippen molar-refractivity contribution in [2.24, 2.45) is 0 Å². The van der Waals surface area contributed by atoms with Crippen molar-refractivity contribution < 1.29 is 10.2 Å². The van der Waals surface area contributed by atoms with E-state index in [1.54, 1.807) is 0 Å². The van der Waals surface area contributed by atoms with Crippen LogP contribution in [0, 0.1) is 22.9 Å². The number of hydrogen-bond acceptors (Lipinski definition) is 2. The first-order chi connectivity index (χ1) is 22.5. The topological polar surface area (TPSA) is 40.5 Å². The van der Waals surface area contributed by atoms with Gasteiger partial charge in [0.05, 0.1) is 0 Å². The highest BCUT2D eigenvalue weighted by atomic mass is 28.3. The van der Waals surface area contributed by atoms with Crippen LogP contribution in [0.25, 0.3) is 12.2 Å². The Kier molecular flexibility index (Phi) is 11.3. The van der Waals surface area contributed by atoms with Crippen LogP contribution >= 0.6 is 0 Å². The van der Waals surface area contributed by atoms with Gasteiger partial charge in [-0.15, -0.1) is 11.1 Å². The van der Waals surface area contributed by atoms with Crippen LogP contribution in [-0.4, -0.2) is 26.4 Å². The smallest absolute Gasteiger partial charge is 0.177 e. The van der Waals surface area contributed by atoms with Crippen molar-refractivity contribution in [1.82, 2.24) is 0 Å². The molecular formula is C44H58O2Si2. The summed E-state index contributed by atoms with van der Waals surface area (Å²) in [6.45, 7) is 27.5. The maximum Gasteiger partial charge on any atom is 0.177 e. The molecule has 48 heavy (non-hydrogen) atoms. The van der Waals surface area contributed by atoms with E-state index in [0.717, 1.165) is 11.1 Å². The van der Waals surface area contributed by atoms with Crippen molar-refractivity contribution in [3.8, 4) is 22.9 Å². The lowest BCUT2D eigenvalue weighted by Crippen LogP contribution is -2.46. The fourth-order valence-electron chi connectivity index (χ4n) is 8.97. The van der Waals surface area contributed by atoms with Crippen molar-refractivity contribution in [2.45, 2.75) is 128 Å². The van der Waals surface area contributed by atoms with E-state index in [4.69, 9.17) is 0 Å². The van der Waals surface area contributed by atoms with Gasteiger partial charge >= 0.3 is 0 Å². The molecule has 4 heteroatoms. The van der Waals surface area contributed by atoms with Crippen LogP contribution in [0.5, 0.6) is 0 Å². The Hall–Kier alpha value is -3.13. The Labute approximate surface area is 294 Å². The predicted octanol–water partition coefficient (Wildman–Crippen LogP) is 11.1. The molecule has 0 amide bonds. The maximum atomic E-state index is 13.1. The Morgan fingerprint density at radius 1 is 0.458 bits per heavy atom.